The number of hydrogen-bond donors (Lipinski definition) is 1. The zero-order valence-electron chi connectivity index (χ0n) is 9.66. The summed E-state index contributed by atoms with van der Waals surface area (Å²) >= 11 is 5.35. The molecule has 0 spiro atoms. The van der Waals surface area contributed by atoms with Crippen LogP contribution in [0.15, 0.2) is 30.4 Å². The van der Waals surface area contributed by atoms with Crippen LogP contribution in [-0.2, 0) is 0 Å². The first-order valence-electron chi connectivity index (χ1n) is 5.45. The Balaban J connectivity index is 2.03. The van der Waals surface area contributed by atoms with Crippen molar-refractivity contribution < 1.29 is 0 Å². The van der Waals surface area contributed by atoms with Gasteiger partial charge in [0.15, 0.2) is 5.11 Å². The van der Waals surface area contributed by atoms with Gasteiger partial charge in [-0.25, -0.2) is 0 Å². The van der Waals surface area contributed by atoms with E-state index in [-0.39, 0.29) is 0 Å². The lowest BCUT2D eigenvalue weighted by atomic mass is 10.1. The number of nitrogens with zero attached hydrogens (tertiary/aromatic N) is 1. The highest BCUT2D eigenvalue weighted by atomic mass is 32.1. The van der Waals surface area contributed by atoms with Crippen LogP contribution in [-0.4, -0.2) is 23.1 Å². The number of nitrogens with one attached hydrogen (secondary N) is 1. The van der Waals surface area contributed by atoms with Gasteiger partial charge in [-0.05, 0) is 49.3 Å². The molecule has 0 aliphatic carbocycles. The number of aryl methyl sites for hydroxylation is 2. The summed E-state index contributed by atoms with van der Waals surface area (Å²) in [4.78, 5) is 2.13. The fraction of sp³-hybridized carbons (Fsp3) is 0.308. The minimum absolute atomic E-state index is 0.799. The van der Waals surface area contributed by atoms with Crippen molar-refractivity contribution in [2.24, 2.45) is 0 Å². The molecular weight excluding hydrogens is 216 g/mol. The molecule has 0 saturated carbocycles. The number of rotatable bonds is 1. The molecular formula is C13H16N2S. The van der Waals surface area contributed by atoms with E-state index < -0.39 is 0 Å². The Morgan fingerprint density at radius 2 is 1.88 bits per heavy atom. The van der Waals surface area contributed by atoms with Crippen LogP contribution in [0, 0.1) is 13.8 Å². The minimum Gasteiger partial charge on any atom is -0.342 e. The standard InChI is InChI=1S/C13H16N2S/c1-10-5-6-12(9-11(10)2)14-13(16)15-7-3-4-8-15/h3-6,9H,7-8H2,1-2H3,(H,14,16). The fourth-order valence-corrected chi connectivity index (χ4v) is 1.93. The van der Waals surface area contributed by atoms with E-state index >= 15 is 0 Å². The van der Waals surface area contributed by atoms with E-state index in [0.717, 1.165) is 23.9 Å². The zero-order valence-corrected chi connectivity index (χ0v) is 10.5. The average molecular weight is 232 g/mol. The van der Waals surface area contributed by atoms with Gasteiger partial charge in [0.05, 0.1) is 0 Å². The van der Waals surface area contributed by atoms with Crippen LogP contribution >= 0.6 is 12.2 Å². The van der Waals surface area contributed by atoms with E-state index in [1.807, 2.05) is 0 Å². The lowest BCUT2D eigenvalue weighted by Gasteiger charge is -2.20. The molecule has 0 aromatic heterocycles. The summed E-state index contributed by atoms with van der Waals surface area (Å²) in [6, 6.07) is 6.31. The Kier molecular flexibility index (Phi) is 3.25. The highest BCUT2D eigenvalue weighted by Crippen LogP contribution is 2.15. The van der Waals surface area contributed by atoms with Crippen molar-refractivity contribution in [1.82, 2.24) is 4.90 Å². The largest absolute Gasteiger partial charge is 0.342 e. The number of hydrogen-bond acceptors (Lipinski definition) is 1. The van der Waals surface area contributed by atoms with Crippen molar-refractivity contribution in [3.8, 4) is 0 Å². The maximum absolute atomic E-state index is 5.35. The van der Waals surface area contributed by atoms with Gasteiger partial charge >= 0.3 is 0 Å². The van der Waals surface area contributed by atoms with Crippen LogP contribution in [0.5, 0.6) is 0 Å². The lowest BCUT2D eigenvalue weighted by molar-refractivity contribution is 0.549. The second kappa shape index (κ2) is 4.66. The second-order valence-corrected chi connectivity index (χ2v) is 4.49. The van der Waals surface area contributed by atoms with E-state index in [1.165, 1.54) is 11.1 Å². The molecule has 16 heavy (non-hydrogen) atoms. The first kappa shape index (κ1) is 11.1. The third kappa shape index (κ3) is 2.42. The third-order valence-electron chi connectivity index (χ3n) is 2.86. The number of benzene rings is 1. The maximum atomic E-state index is 5.35. The predicted molar refractivity (Wildman–Crippen MR) is 72.8 cm³/mol. The van der Waals surface area contributed by atoms with Crippen molar-refractivity contribution in [3.63, 3.8) is 0 Å². The van der Waals surface area contributed by atoms with Crippen molar-refractivity contribution in [2.75, 3.05) is 18.4 Å². The SMILES string of the molecule is Cc1ccc(NC(=S)N2CC=CC2)cc1C. The molecule has 0 amide bonds. The molecule has 0 unspecified atom stereocenters. The lowest BCUT2D eigenvalue weighted by Crippen LogP contribution is -2.32. The van der Waals surface area contributed by atoms with Crippen LogP contribution in [0.3, 0.4) is 0 Å². The summed E-state index contributed by atoms with van der Waals surface area (Å²) in [7, 11) is 0. The third-order valence-corrected chi connectivity index (χ3v) is 3.22. The van der Waals surface area contributed by atoms with Crippen LogP contribution in [0.4, 0.5) is 5.69 Å². The van der Waals surface area contributed by atoms with Crippen molar-refractivity contribution in [3.05, 3.63) is 41.5 Å². The smallest absolute Gasteiger partial charge is 0.173 e. The normalized spacial score (nSPS) is 14.2. The Morgan fingerprint density at radius 3 is 2.50 bits per heavy atom. The van der Waals surface area contributed by atoms with Gasteiger partial charge in [-0.1, -0.05) is 18.2 Å². The molecule has 0 fully saturated rings. The molecule has 0 saturated heterocycles. The van der Waals surface area contributed by atoms with Gasteiger partial charge in [0.2, 0.25) is 0 Å². The van der Waals surface area contributed by atoms with Gasteiger partial charge in [-0.15, -0.1) is 0 Å². The van der Waals surface area contributed by atoms with Gasteiger partial charge in [-0.2, -0.15) is 0 Å². The minimum atomic E-state index is 0.799. The predicted octanol–water partition coefficient (Wildman–Crippen LogP) is 2.87. The fourth-order valence-electron chi connectivity index (χ4n) is 1.67. The summed E-state index contributed by atoms with van der Waals surface area (Å²) in [5, 5.41) is 4.07. The Morgan fingerprint density at radius 1 is 1.19 bits per heavy atom. The highest BCUT2D eigenvalue weighted by Gasteiger charge is 2.10. The van der Waals surface area contributed by atoms with Crippen molar-refractivity contribution in [1.29, 1.82) is 0 Å². The molecule has 2 rings (SSSR count). The Hall–Kier alpha value is -1.35. The first-order valence-corrected chi connectivity index (χ1v) is 5.86. The Bertz CT molecular complexity index is 430. The average Bonchev–Trinajstić information content (AvgIpc) is 2.77. The summed E-state index contributed by atoms with van der Waals surface area (Å²) in [5.41, 5.74) is 3.66. The van der Waals surface area contributed by atoms with Crippen molar-refractivity contribution >= 4 is 23.0 Å². The molecule has 1 N–H and O–H groups in total. The summed E-state index contributed by atoms with van der Waals surface area (Å²) in [6.07, 6.45) is 4.27. The number of thiocarbonyl (C=S) groups is 1. The molecule has 1 aromatic carbocycles. The van der Waals surface area contributed by atoms with E-state index in [4.69, 9.17) is 12.2 Å². The van der Waals surface area contributed by atoms with Crippen LogP contribution < -0.4 is 5.32 Å². The van der Waals surface area contributed by atoms with Gasteiger partial charge in [0.1, 0.15) is 0 Å². The topological polar surface area (TPSA) is 15.3 Å². The molecule has 84 valence electrons. The van der Waals surface area contributed by atoms with Gasteiger partial charge in [0.25, 0.3) is 0 Å². The maximum Gasteiger partial charge on any atom is 0.173 e. The summed E-state index contributed by atoms with van der Waals surface area (Å²) in [6.45, 7) is 6.05. The molecule has 1 aliphatic rings. The molecule has 3 heteroatoms. The molecule has 1 aliphatic heterocycles. The first-order chi connectivity index (χ1) is 7.66. The number of anilines is 1. The van der Waals surface area contributed by atoms with Crippen LogP contribution in [0.1, 0.15) is 11.1 Å². The van der Waals surface area contributed by atoms with Crippen LogP contribution in [0.25, 0.3) is 0 Å². The molecule has 0 radical (unpaired) electrons. The molecule has 1 heterocycles. The highest BCUT2D eigenvalue weighted by molar-refractivity contribution is 7.80. The summed E-state index contributed by atoms with van der Waals surface area (Å²) in [5.74, 6) is 0. The molecule has 1 aromatic rings. The monoisotopic (exact) mass is 232 g/mol. The Labute approximate surface area is 102 Å². The van der Waals surface area contributed by atoms with Gasteiger partial charge in [-0.3, -0.25) is 0 Å². The van der Waals surface area contributed by atoms with Crippen molar-refractivity contribution in [2.45, 2.75) is 13.8 Å². The van der Waals surface area contributed by atoms with Gasteiger partial charge < -0.3 is 10.2 Å². The zero-order chi connectivity index (χ0) is 11.5. The van der Waals surface area contributed by atoms with E-state index in [9.17, 15) is 0 Å². The molecule has 0 bridgehead atoms. The van der Waals surface area contributed by atoms with E-state index in [0.29, 0.717) is 0 Å². The van der Waals surface area contributed by atoms with E-state index in [1.54, 1.807) is 0 Å². The summed E-state index contributed by atoms with van der Waals surface area (Å²) < 4.78 is 0. The molecule has 0 atom stereocenters. The quantitative estimate of drug-likeness (QED) is 0.592. The second-order valence-electron chi connectivity index (χ2n) is 4.11. The van der Waals surface area contributed by atoms with Crippen LogP contribution in [0.2, 0.25) is 0 Å². The molecule has 2 nitrogen and oxygen atoms in total. The van der Waals surface area contributed by atoms with E-state index in [2.05, 4.69) is 54.4 Å². The van der Waals surface area contributed by atoms with Gasteiger partial charge in [0, 0.05) is 18.8 Å².